The third-order valence-electron chi connectivity index (χ3n) is 3.67. The van der Waals surface area contributed by atoms with Crippen LogP contribution in [0.3, 0.4) is 0 Å². The molecule has 6 nitrogen and oxygen atoms in total. The molecule has 0 radical (unpaired) electrons. The van der Waals surface area contributed by atoms with E-state index < -0.39 is 0 Å². The van der Waals surface area contributed by atoms with Crippen LogP contribution in [0.25, 0.3) is 0 Å². The molecule has 0 saturated carbocycles. The van der Waals surface area contributed by atoms with Crippen molar-refractivity contribution < 1.29 is 4.79 Å². The summed E-state index contributed by atoms with van der Waals surface area (Å²) < 4.78 is 1.99. The quantitative estimate of drug-likeness (QED) is 0.767. The van der Waals surface area contributed by atoms with Gasteiger partial charge in [-0.15, -0.1) is 0 Å². The van der Waals surface area contributed by atoms with Crippen molar-refractivity contribution in [1.29, 1.82) is 0 Å². The highest BCUT2D eigenvalue weighted by Gasteiger charge is 2.30. The van der Waals surface area contributed by atoms with E-state index in [0.29, 0.717) is 6.54 Å². The fourth-order valence-corrected chi connectivity index (χ4v) is 2.78. The Labute approximate surface area is 106 Å². The van der Waals surface area contributed by atoms with E-state index in [2.05, 4.69) is 22.3 Å². The number of piperazine rings is 1. The second-order valence-electron chi connectivity index (χ2n) is 5.26. The van der Waals surface area contributed by atoms with Crippen LogP contribution >= 0.6 is 0 Å². The van der Waals surface area contributed by atoms with Crippen molar-refractivity contribution in [3.05, 3.63) is 11.6 Å². The molecule has 0 bridgehead atoms. The van der Waals surface area contributed by atoms with Gasteiger partial charge in [0, 0.05) is 39.0 Å². The van der Waals surface area contributed by atoms with Crippen molar-refractivity contribution in [2.75, 3.05) is 13.1 Å². The summed E-state index contributed by atoms with van der Waals surface area (Å²) in [6.07, 6.45) is 2.16. The summed E-state index contributed by atoms with van der Waals surface area (Å²) in [5.41, 5.74) is 0. The number of carbonyl (C=O) groups excluding carboxylic acids is 1. The Morgan fingerprint density at radius 2 is 2.28 bits per heavy atom. The Kier molecular flexibility index (Phi) is 2.81. The first kappa shape index (κ1) is 11.6. The molecule has 0 aromatic carbocycles. The number of nitrogens with one attached hydrogen (secondary N) is 1. The van der Waals surface area contributed by atoms with E-state index in [1.54, 1.807) is 6.92 Å². The molecule has 1 aromatic heterocycles. The summed E-state index contributed by atoms with van der Waals surface area (Å²) in [7, 11) is 0. The molecule has 0 spiro atoms. The number of amides is 1. The van der Waals surface area contributed by atoms with Crippen molar-refractivity contribution >= 4 is 5.91 Å². The van der Waals surface area contributed by atoms with Gasteiger partial charge >= 0.3 is 0 Å². The Balaban J connectivity index is 1.80. The molecule has 98 valence electrons. The molecule has 3 rings (SSSR count). The first-order valence-electron chi connectivity index (χ1n) is 6.58. The smallest absolute Gasteiger partial charge is 0.219 e. The van der Waals surface area contributed by atoms with Crippen LogP contribution < -0.4 is 5.32 Å². The summed E-state index contributed by atoms with van der Waals surface area (Å²) in [5.74, 6) is 2.04. The number of rotatable bonds is 1. The standard InChI is InChI=1S/C12H19N5O/c1-8-6-16(9(2)18)7-10(13-8)12-14-11-4-3-5-17(11)15-12/h8,10,13H,3-7H2,1-2H3. The molecule has 1 amide bonds. The number of nitrogens with zero attached hydrogens (tertiary/aromatic N) is 4. The van der Waals surface area contributed by atoms with Gasteiger partial charge in [-0.25, -0.2) is 9.67 Å². The molecule has 1 saturated heterocycles. The van der Waals surface area contributed by atoms with E-state index >= 15 is 0 Å². The second kappa shape index (κ2) is 4.35. The van der Waals surface area contributed by atoms with Gasteiger partial charge in [-0.3, -0.25) is 4.79 Å². The van der Waals surface area contributed by atoms with Crippen LogP contribution in [0.2, 0.25) is 0 Å². The van der Waals surface area contributed by atoms with Gasteiger partial charge in [0.2, 0.25) is 5.91 Å². The molecule has 2 atom stereocenters. The highest BCUT2D eigenvalue weighted by atomic mass is 16.2. The fourth-order valence-electron chi connectivity index (χ4n) is 2.78. The molecular formula is C12H19N5O. The maximum absolute atomic E-state index is 11.5. The van der Waals surface area contributed by atoms with E-state index in [4.69, 9.17) is 0 Å². The zero-order valence-electron chi connectivity index (χ0n) is 10.9. The predicted octanol–water partition coefficient (Wildman–Crippen LogP) is 0.106. The lowest BCUT2D eigenvalue weighted by Crippen LogP contribution is -2.52. The normalized spacial score (nSPS) is 27.3. The molecule has 18 heavy (non-hydrogen) atoms. The van der Waals surface area contributed by atoms with Crippen molar-refractivity contribution in [2.24, 2.45) is 0 Å². The summed E-state index contributed by atoms with van der Waals surface area (Å²) in [6.45, 7) is 6.12. The molecule has 2 aliphatic rings. The third-order valence-corrected chi connectivity index (χ3v) is 3.67. The Morgan fingerprint density at radius 3 is 3.00 bits per heavy atom. The predicted molar refractivity (Wildman–Crippen MR) is 65.9 cm³/mol. The summed E-state index contributed by atoms with van der Waals surface area (Å²) in [6, 6.07) is 0.349. The Morgan fingerprint density at radius 1 is 1.44 bits per heavy atom. The summed E-state index contributed by atoms with van der Waals surface area (Å²) >= 11 is 0. The number of hydrogen-bond donors (Lipinski definition) is 1. The largest absolute Gasteiger partial charge is 0.339 e. The molecular weight excluding hydrogens is 230 g/mol. The number of aryl methyl sites for hydroxylation is 2. The summed E-state index contributed by atoms with van der Waals surface area (Å²) in [5, 5.41) is 8.02. The lowest BCUT2D eigenvalue weighted by atomic mass is 10.1. The van der Waals surface area contributed by atoms with Crippen LogP contribution in [0.4, 0.5) is 0 Å². The van der Waals surface area contributed by atoms with Crippen molar-refractivity contribution in [3.63, 3.8) is 0 Å². The van der Waals surface area contributed by atoms with Crippen molar-refractivity contribution in [3.8, 4) is 0 Å². The monoisotopic (exact) mass is 249 g/mol. The number of carbonyl (C=O) groups is 1. The van der Waals surface area contributed by atoms with Gasteiger partial charge < -0.3 is 10.2 Å². The van der Waals surface area contributed by atoms with Crippen LogP contribution in [0.5, 0.6) is 0 Å². The molecule has 1 aromatic rings. The minimum atomic E-state index is 0.0655. The second-order valence-corrected chi connectivity index (χ2v) is 5.26. The first-order valence-corrected chi connectivity index (χ1v) is 6.58. The number of aromatic nitrogens is 3. The number of fused-ring (bicyclic) bond motifs is 1. The van der Waals surface area contributed by atoms with Crippen molar-refractivity contribution in [1.82, 2.24) is 25.0 Å². The van der Waals surface area contributed by atoms with Crippen LogP contribution in [0, 0.1) is 0 Å². The topological polar surface area (TPSA) is 63.1 Å². The SMILES string of the molecule is CC(=O)N1CC(C)NC(c2nc3n(n2)CCC3)C1. The highest BCUT2D eigenvalue weighted by Crippen LogP contribution is 2.20. The number of hydrogen-bond acceptors (Lipinski definition) is 4. The van der Waals surface area contributed by atoms with E-state index in [0.717, 1.165) is 37.6 Å². The molecule has 1 fully saturated rings. The minimum absolute atomic E-state index is 0.0655. The van der Waals surface area contributed by atoms with Gasteiger partial charge in [-0.05, 0) is 13.3 Å². The molecule has 2 aliphatic heterocycles. The zero-order valence-corrected chi connectivity index (χ0v) is 10.9. The van der Waals surface area contributed by atoms with Crippen LogP contribution in [-0.4, -0.2) is 44.7 Å². The van der Waals surface area contributed by atoms with Gasteiger partial charge in [-0.2, -0.15) is 5.10 Å². The van der Waals surface area contributed by atoms with Gasteiger partial charge in [0.25, 0.3) is 0 Å². The van der Waals surface area contributed by atoms with E-state index in [1.165, 1.54) is 0 Å². The third kappa shape index (κ3) is 2.01. The lowest BCUT2D eigenvalue weighted by molar-refractivity contribution is -0.130. The van der Waals surface area contributed by atoms with Crippen molar-refractivity contribution in [2.45, 2.75) is 45.3 Å². The van der Waals surface area contributed by atoms with E-state index in [1.807, 2.05) is 9.58 Å². The molecule has 6 heteroatoms. The molecule has 2 unspecified atom stereocenters. The average Bonchev–Trinajstić information content (AvgIpc) is 2.87. The van der Waals surface area contributed by atoms with Gasteiger partial charge in [0.05, 0.1) is 6.04 Å². The van der Waals surface area contributed by atoms with Crippen LogP contribution in [0.15, 0.2) is 0 Å². The average molecular weight is 249 g/mol. The molecule has 1 N–H and O–H groups in total. The van der Waals surface area contributed by atoms with Crippen LogP contribution in [0.1, 0.15) is 38.0 Å². The highest BCUT2D eigenvalue weighted by molar-refractivity contribution is 5.73. The first-order chi connectivity index (χ1) is 8.63. The maximum Gasteiger partial charge on any atom is 0.219 e. The zero-order chi connectivity index (χ0) is 12.7. The lowest BCUT2D eigenvalue weighted by Gasteiger charge is -2.35. The van der Waals surface area contributed by atoms with Crippen LogP contribution in [-0.2, 0) is 17.8 Å². The van der Waals surface area contributed by atoms with Gasteiger partial charge in [0.15, 0.2) is 5.82 Å². The molecule has 0 aliphatic carbocycles. The Hall–Kier alpha value is -1.43. The summed E-state index contributed by atoms with van der Waals surface area (Å²) in [4.78, 5) is 18.0. The van der Waals surface area contributed by atoms with Gasteiger partial charge in [0.1, 0.15) is 5.82 Å². The van der Waals surface area contributed by atoms with E-state index in [-0.39, 0.29) is 18.0 Å². The fraction of sp³-hybridized carbons (Fsp3) is 0.750. The molecule has 3 heterocycles. The van der Waals surface area contributed by atoms with E-state index in [9.17, 15) is 4.79 Å². The minimum Gasteiger partial charge on any atom is -0.339 e. The van der Waals surface area contributed by atoms with Gasteiger partial charge in [-0.1, -0.05) is 0 Å². The Bertz CT molecular complexity index is 448. The maximum atomic E-state index is 11.5.